The Morgan fingerprint density at radius 2 is 2.10 bits per heavy atom. The number of nitrogen functional groups attached to an aromatic ring is 1. The molecule has 0 radical (unpaired) electrons. The van der Waals surface area contributed by atoms with Crippen molar-refractivity contribution in [2.45, 2.75) is 4.21 Å². The molecule has 0 bridgehead atoms. The van der Waals surface area contributed by atoms with Crippen LogP contribution in [0.1, 0.15) is 10.4 Å². The number of carbonyl (C=O) groups excluding carboxylic acids is 1. The molecule has 0 aliphatic rings. The Morgan fingerprint density at radius 3 is 2.67 bits per heavy atom. The molecule has 7 nitrogen and oxygen atoms in total. The topological polar surface area (TPSA) is 111 Å². The second-order valence-corrected chi connectivity index (χ2v) is 6.78. The Labute approximate surface area is 125 Å². The number of ether oxygens (including phenoxy) is 1. The quantitative estimate of drug-likeness (QED) is 0.433. The highest BCUT2D eigenvalue weighted by atomic mass is 32.2. The Hall–Kier alpha value is -2.10. The van der Waals surface area contributed by atoms with Crippen molar-refractivity contribution >= 4 is 33.0 Å². The Balaban J connectivity index is 2.42. The fourth-order valence-electron chi connectivity index (χ4n) is 1.62. The van der Waals surface area contributed by atoms with Crippen molar-refractivity contribution in [1.82, 2.24) is 5.43 Å². The van der Waals surface area contributed by atoms with Crippen molar-refractivity contribution in [1.29, 1.82) is 0 Å². The van der Waals surface area contributed by atoms with Gasteiger partial charge in [-0.15, -0.1) is 11.3 Å². The van der Waals surface area contributed by atoms with E-state index in [9.17, 15) is 13.2 Å². The van der Waals surface area contributed by atoms with Crippen LogP contribution in [0, 0.1) is 0 Å². The fraction of sp³-hybridized carbons (Fsp3) is 0.0833. The molecule has 2 aromatic rings. The SMILES string of the molecule is COc1ccc(NS(=O)(=O)c2cccs2)c(C(=O)NN)c1. The van der Waals surface area contributed by atoms with Crippen molar-refractivity contribution in [3.63, 3.8) is 0 Å². The number of nitrogens with two attached hydrogens (primary N) is 1. The van der Waals surface area contributed by atoms with Gasteiger partial charge in [0.1, 0.15) is 9.96 Å². The average molecular weight is 327 g/mol. The van der Waals surface area contributed by atoms with E-state index in [-0.39, 0.29) is 15.5 Å². The second-order valence-electron chi connectivity index (χ2n) is 3.92. The van der Waals surface area contributed by atoms with Crippen LogP contribution in [0.2, 0.25) is 0 Å². The first-order valence-electron chi connectivity index (χ1n) is 5.73. The molecule has 1 aromatic heterocycles. The molecule has 1 aromatic carbocycles. The smallest absolute Gasteiger partial charge is 0.271 e. The van der Waals surface area contributed by atoms with E-state index in [0.29, 0.717) is 5.75 Å². The molecular weight excluding hydrogens is 314 g/mol. The van der Waals surface area contributed by atoms with Crippen LogP contribution in [0.25, 0.3) is 0 Å². The minimum absolute atomic E-state index is 0.0666. The number of sulfonamides is 1. The van der Waals surface area contributed by atoms with Gasteiger partial charge >= 0.3 is 0 Å². The third kappa shape index (κ3) is 3.32. The molecule has 112 valence electrons. The van der Waals surface area contributed by atoms with Gasteiger partial charge in [-0.3, -0.25) is 14.9 Å². The van der Waals surface area contributed by atoms with Crippen LogP contribution >= 0.6 is 11.3 Å². The van der Waals surface area contributed by atoms with Crippen molar-refractivity contribution < 1.29 is 17.9 Å². The Kier molecular flexibility index (Phi) is 4.46. The van der Waals surface area contributed by atoms with Crippen LogP contribution in [0.3, 0.4) is 0 Å². The summed E-state index contributed by atoms with van der Waals surface area (Å²) in [7, 11) is -2.31. The van der Waals surface area contributed by atoms with Gasteiger partial charge in [-0.05, 0) is 29.6 Å². The van der Waals surface area contributed by atoms with Gasteiger partial charge in [0.2, 0.25) is 0 Å². The summed E-state index contributed by atoms with van der Waals surface area (Å²) in [5.74, 6) is 4.89. The standard InChI is InChI=1S/C12H13N3O4S2/c1-19-8-4-5-10(9(7-8)12(16)14-13)15-21(17,18)11-3-2-6-20-11/h2-7,15H,13H2,1H3,(H,14,16). The molecule has 4 N–H and O–H groups in total. The fourth-order valence-corrected chi connectivity index (χ4v) is 3.69. The zero-order valence-corrected chi connectivity index (χ0v) is 12.6. The van der Waals surface area contributed by atoms with E-state index in [1.807, 2.05) is 5.43 Å². The monoisotopic (exact) mass is 327 g/mol. The van der Waals surface area contributed by atoms with Crippen molar-refractivity contribution in [3.05, 3.63) is 41.3 Å². The van der Waals surface area contributed by atoms with E-state index in [4.69, 9.17) is 10.6 Å². The van der Waals surface area contributed by atoms with E-state index in [1.54, 1.807) is 17.5 Å². The van der Waals surface area contributed by atoms with Gasteiger partial charge in [-0.1, -0.05) is 6.07 Å². The van der Waals surface area contributed by atoms with Gasteiger partial charge in [0.05, 0.1) is 18.4 Å². The van der Waals surface area contributed by atoms with Crippen LogP contribution in [0.4, 0.5) is 5.69 Å². The number of hydrogen-bond donors (Lipinski definition) is 3. The summed E-state index contributed by atoms with van der Waals surface area (Å²) in [6.07, 6.45) is 0. The van der Waals surface area contributed by atoms with Gasteiger partial charge in [0.15, 0.2) is 0 Å². The van der Waals surface area contributed by atoms with E-state index in [2.05, 4.69) is 4.72 Å². The maximum atomic E-state index is 12.2. The number of nitrogens with one attached hydrogen (secondary N) is 2. The zero-order chi connectivity index (χ0) is 15.5. The van der Waals surface area contributed by atoms with Crippen LogP contribution in [0.15, 0.2) is 39.9 Å². The number of methoxy groups -OCH3 is 1. The van der Waals surface area contributed by atoms with Gasteiger partial charge in [-0.2, -0.15) is 0 Å². The minimum atomic E-state index is -3.75. The molecule has 2 rings (SSSR count). The van der Waals surface area contributed by atoms with Gasteiger partial charge in [-0.25, -0.2) is 14.3 Å². The number of anilines is 1. The normalized spacial score (nSPS) is 11.0. The van der Waals surface area contributed by atoms with Crippen molar-refractivity contribution in [3.8, 4) is 5.75 Å². The third-order valence-electron chi connectivity index (χ3n) is 2.61. The molecule has 0 saturated heterocycles. The van der Waals surface area contributed by atoms with E-state index in [1.165, 1.54) is 25.3 Å². The summed E-state index contributed by atoms with van der Waals surface area (Å²) in [6, 6.07) is 7.47. The number of hydrogen-bond acceptors (Lipinski definition) is 6. The predicted molar refractivity (Wildman–Crippen MR) is 79.8 cm³/mol. The van der Waals surface area contributed by atoms with Crippen LogP contribution in [-0.2, 0) is 10.0 Å². The molecule has 1 heterocycles. The second kappa shape index (κ2) is 6.12. The minimum Gasteiger partial charge on any atom is -0.497 e. The number of amides is 1. The predicted octanol–water partition coefficient (Wildman–Crippen LogP) is 1.16. The highest BCUT2D eigenvalue weighted by Gasteiger charge is 2.19. The summed E-state index contributed by atoms with van der Waals surface area (Å²) in [4.78, 5) is 11.8. The summed E-state index contributed by atoms with van der Waals surface area (Å²) >= 11 is 1.08. The molecule has 0 unspecified atom stereocenters. The highest BCUT2D eigenvalue weighted by Crippen LogP contribution is 2.26. The maximum absolute atomic E-state index is 12.2. The summed E-state index contributed by atoms with van der Waals surface area (Å²) in [5.41, 5.74) is 2.15. The number of rotatable bonds is 5. The Morgan fingerprint density at radius 1 is 1.33 bits per heavy atom. The maximum Gasteiger partial charge on any atom is 0.271 e. The molecule has 21 heavy (non-hydrogen) atoms. The third-order valence-corrected chi connectivity index (χ3v) is 5.37. The molecule has 0 spiro atoms. The molecule has 0 aliphatic heterocycles. The number of thiophene rings is 1. The lowest BCUT2D eigenvalue weighted by molar-refractivity contribution is 0.0954. The highest BCUT2D eigenvalue weighted by molar-refractivity contribution is 7.94. The van der Waals surface area contributed by atoms with Crippen LogP contribution in [-0.4, -0.2) is 21.4 Å². The Bertz CT molecular complexity index is 742. The first kappa shape index (κ1) is 15.3. The molecule has 9 heteroatoms. The summed E-state index contributed by atoms with van der Waals surface area (Å²) in [6.45, 7) is 0. The van der Waals surface area contributed by atoms with Gasteiger partial charge < -0.3 is 4.74 Å². The van der Waals surface area contributed by atoms with Gasteiger partial charge in [0.25, 0.3) is 15.9 Å². The first-order chi connectivity index (χ1) is 9.97. The lowest BCUT2D eigenvalue weighted by Crippen LogP contribution is -2.31. The summed E-state index contributed by atoms with van der Waals surface area (Å²) in [5, 5.41) is 1.65. The summed E-state index contributed by atoms with van der Waals surface area (Å²) < 4.78 is 31.9. The zero-order valence-electron chi connectivity index (χ0n) is 11.0. The van der Waals surface area contributed by atoms with E-state index in [0.717, 1.165) is 11.3 Å². The molecular formula is C12H13N3O4S2. The van der Waals surface area contributed by atoms with Crippen LogP contribution in [0.5, 0.6) is 5.75 Å². The molecule has 0 fully saturated rings. The lowest BCUT2D eigenvalue weighted by Gasteiger charge is -2.12. The van der Waals surface area contributed by atoms with Gasteiger partial charge in [0, 0.05) is 0 Å². The first-order valence-corrected chi connectivity index (χ1v) is 8.09. The average Bonchev–Trinajstić information content (AvgIpc) is 3.01. The van der Waals surface area contributed by atoms with Crippen LogP contribution < -0.4 is 20.7 Å². The number of benzene rings is 1. The molecule has 1 amide bonds. The largest absolute Gasteiger partial charge is 0.497 e. The van der Waals surface area contributed by atoms with Crippen molar-refractivity contribution in [2.75, 3.05) is 11.8 Å². The molecule has 0 aliphatic carbocycles. The van der Waals surface area contributed by atoms with E-state index >= 15 is 0 Å². The van der Waals surface area contributed by atoms with E-state index < -0.39 is 15.9 Å². The number of carbonyl (C=O) groups is 1. The lowest BCUT2D eigenvalue weighted by atomic mass is 10.1. The molecule has 0 saturated carbocycles. The molecule has 0 atom stereocenters. The van der Waals surface area contributed by atoms with Crippen molar-refractivity contribution in [2.24, 2.45) is 5.84 Å². The number of hydrazine groups is 1.